The Morgan fingerprint density at radius 1 is 1.15 bits per heavy atom. The summed E-state index contributed by atoms with van der Waals surface area (Å²) in [7, 11) is 0. The molecule has 0 aliphatic carbocycles. The van der Waals surface area contributed by atoms with Crippen molar-refractivity contribution in [2.24, 2.45) is 0 Å². The van der Waals surface area contributed by atoms with E-state index >= 15 is 0 Å². The average molecular weight is 369 g/mol. The van der Waals surface area contributed by atoms with Crippen LogP contribution in [-0.2, 0) is 4.74 Å². The zero-order valence-corrected chi connectivity index (χ0v) is 18.1. The molecule has 4 heteroatoms. The number of ether oxygens (including phenoxy) is 1. The van der Waals surface area contributed by atoms with Gasteiger partial charge in [-0.05, 0) is 66.3 Å². The first-order valence-electron chi connectivity index (χ1n) is 11.1. The van der Waals surface area contributed by atoms with Crippen molar-refractivity contribution in [1.29, 1.82) is 0 Å². The molecule has 0 aromatic heterocycles. The Labute approximate surface area is 162 Å². The Morgan fingerprint density at radius 3 is 2.54 bits per heavy atom. The predicted octanol–water partition coefficient (Wildman–Crippen LogP) is 5.89. The van der Waals surface area contributed by atoms with Crippen molar-refractivity contribution in [3.63, 3.8) is 0 Å². The van der Waals surface area contributed by atoms with Crippen LogP contribution in [0, 0.1) is 0 Å². The summed E-state index contributed by atoms with van der Waals surface area (Å²) in [6.07, 6.45) is 13.7. The number of nitrogens with one attached hydrogen (secondary N) is 1. The number of unbranched alkanes of at least 4 members (excludes halogenated alkanes) is 5. The fourth-order valence-electron chi connectivity index (χ4n) is 3.69. The Hall–Kier alpha value is -0.770. The molecule has 1 fully saturated rings. The zero-order chi connectivity index (χ0) is 19.4. The molecule has 1 amide bonds. The monoisotopic (exact) mass is 368 g/mol. The van der Waals surface area contributed by atoms with Crippen molar-refractivity contribution in [3.8, 4) is 0 Å². The molecule has 1 heterocycles. The summed E-state index contributed by atoms with van der Waals surface area (Å²) in [5, 5.41) is 3.66. The number of piperidine rings is 1. The van der Waals surface area contributed by atoms with E-state index < -0.39 is 5.60 Å². The molecule has 26 heavy (non-hydrogen) atoms. The number of hydrogen-bond donors (Lipinski definition) is 1. The summed E-state index contributed by atoms with van der Waals surface area (Å²) in [5.41, 5.74) is -0.414. The standard InChI is InChI=1S/C22H44N2O2/c1-6-7-8-9-10-11-14-19(2)23-17-16-20-15-12-13-18-24(20)21(25)26-22(3,4)5/h19-20,23H,6-18H2,1-5H3. The van der Waals surface area contributed by atoms with Crippen LogP contribution >= 0.6 is 0 Å². The Kier molecular flexibility index (Phi) is 11.3. The Bertz CT molecular complexity index is 379. The average Bonchev–Trinajstić information content (AvgIpc) is 2.57. The fraction of sp³-hybridized carbons (Fsp3) is 0.955. The third-order valence-corrected chi connectivity index (χ3v) is 5.22. The summed E-state index contributed by atoms with van der Waals surface area (Å²) >= 11 is 0. The van der Waals surface area contributed by atoms with E-state index in [2.05, 4.69) is 19.2 Å². The van der Waals surface area contributed by atoms with E-state index in [9.17, 15) is 4.79 Å². The largest absolute Gasteiger partial charge is 0.444 e. The molecule has 1 N–H and O–H groups in total. The lowest BCUT2D eigenvalue weighted by molar-refractivity contribution is 0.00888. The first-order valence-corrected chi connectivity index (χ1v) is 11.1. The summed E-state index contributed by atoms with van der Waals surface area (Å²) in [5.74, 6) is 0. The number of rotatable bonds is 11. The summed E-state index contributed by atoms with van der Waals surface area (Å²) in [4.78, 5) is 14.4. The molecule has 1 rings (SSSR count). The molecular formula is C22H44N2O2. The molecule has 0 aromatic carbocycles. The van der Waals surface area contributed by atoms with Crippen molar-refractivity contribution in [3.05, 3.63) is 0 Å². The Balaban J connectivity index is 2.23. The number of amides is 1. The van der Waals surface area contributed by atoms with Crippen LogP contribution < -0.4 is 5.32 Å². The number of hydrogen-bond acceptors (Lipinski definition) is 3. The van der Waals surface area contributed by atoms with Gasteiger partial charge in [-0.25, -0.2) is 4.79 Å². The van der Waals surface area contributed by atoms with Gasteiger partial charge in [-0.2, -0.15) is 0 Å². The fourth-order valence-corrected chi connectivity index (χ4v) is 3.69. The van der Waals surface area contributed by atoms with Gasteiger partial charge in [-0.3, -0.25) is 0 Å². The maximum atomic E-state index is 12.5. The smallest absolute Gasteiger partial charge is 0.410 e. The number of likely N-dealkylation sites (tertiary alicyclic amines) is 1. The van der Waals surface area contributed by atoms with Gasteiger partial charge in [0.15, 0.2) is 0 Å². The first kappa shape index (κ1) is 23.3. The van der Waals surface area contributed by atoms with Crippen LogP contribution in [-0.4, -0.2) is 41.8 Å². The van der Waals surface area contributed by atoms with E-state index in [1.807, 2.05) is 25.7 Å². The van der Waals surface area contributed by atoms with Crippen molar-refractivity contribution in [1.82, 2.24) is 10.2 Å². The molecule has 0 saturated carbocycles. The minimum Gasteiger partial charge on any atom is -0.444 e. The molecule has 0 aromatic rings. The van der Waals surface area contributed by atoms with E-state index in [1.165, 1.54) is 51.4 Å². The molecule has 2 atom stereocenters. The van der Waals surface area contributed by atoms with Gasteiger partial charge in [0.25, 0.3) is 0 Å². The highest BCUT2D eigenvalue weighted by atomic mass is 16.6. The van der Waals surface area contributed by atoms with Gasteiger partial charge in [-0.15, -0.1) is 0 Å². The summed E-state index contributed by atoms with van der Waals surface area (Å²) in [6.45, 7) is 12.2. The predicted molar refractivity (Wildman–Crippen MR) is 111 cm³/mol. The number of carbonyl (C=O) groups excluding carboxylic acids is 1. The molecule has 1 aliphatic heterocycles. The normalized spacial score (nSPS) is 19.4. The molecule has 0 spiro atoms. The van der Waals surface area contributed by atoms with Crippen LogP contribution in [0.5, 0.6) is 0 Å². The molecule has 1 aliphatic rings. The molecule has 0 bridgehead atoms. The molecular weight excluding hydrogens is 324 g/mol. The lowest BCUT2D eigenvalue weighted by atomic mass is 9.99. The highest BCUT2D eigenvalue weighted by Gasteiger charge is 2.30. The van der Waals surface area contributed by atoms with Crippen LogP contribution in [0.15, 0.2) is 0 Å². The van der Waals surface area contributed by atoms with Crippen LogP contribution in [0.2, 0.25) is 0 Å². The molecule has 1 saturated heterocycles. The SMILES string of the molecule is CCCCCCCCC(C)NCCC1CCCCN1C(=O)OC(C)(C)C. The van der Waals surface area contributed by atoms with Gasteiger partial charge in [0.1, 0.15) is 5.60 Å². The van der Waals surface area contributed by atoms with Crippen molar-refractivity contribution < 1.29 is 9.53 Å². The van der Waals surface area contributed by atoms with Gasteiger partial charge in [-0.1, -0.05) is 45.4 Å². The van der Waals surface area contributed by atoms with Gasteiger partial charge < -0.3 is 15.0 Å². The number of carbonyl (C=O) groups is 1. The summed E-state index contributed by atoms with van der Waals surface area (Å²) < 4.78 is 5.59. The minimum atomic E-state index is -0.414. The maximum Gasteiger partial charge on any atom is 0.410 e. The van der Waals surface area contributed by atoms with Gasteiger partial charge in [0.2, 0.25) is 0 Å². The highest BCUT2D eigenvalue weighted by molar-refractivity contribution is 5.68. The second-order valence-electron chi connectivity index (χ2n) is 9.02. The lowest BCUT2D eigenvalue weighted by Crippen LogP contribution is -2.47. The molecule has 4 nitrogen and oxygen atoms in total. The lowest BCUT2D eigenvalue weighted by Gasteiger charge is -2.37. The zero-order valence-electron chi connectivity index (χ0n) is 18.1. The molecule has 154 valence electrons. The topological polar surface area (TPSA) is 41.6 Å². The van der Waals surface area contributed by atoms with E-state index in [-0.39, 0.29) is 6.09 Å². The van der Waals surface area contributed by atoms with Crippen LogP contribution in [0.1, 0.15) is 105 Å². The third-order valence-electron chi connectivity index (χ3n) is 5.22. The van der Waals surface area contributed by atoms with Crippen molar-refractivity contribution in [2.45, 2.75) is 123 Å². The van der Waals surface area contributed by atoms with E-state index in [0.29, 0.717) is 12.1 Å². The van der Waals surface area contributed by atoms with E-state index in [4.69, 9.17) is 4.74 Å². The highest BCUT2D eigenvalue weighted by Crippen LogP contribution is 2.22. The molecule has 2 unspecified atom stereocenters. The number of nitrogens with zero attached hydrogens (tertiary/aromatic N) is 1. The summed E-state index contributed by atoms with van der Waals surface area (Å²) in [6, 6.07) is 0.895. The quantitative estimate of drug-likeness (QED) is 0.462. The first-order chi connectivity index (χ1) is 12.3. The van der Waals surface area contributed by atoms with Crippen molar-refractivity contribution in [2.75, 3.05) is 13.1 Å². The van der Waals surface area contributed by atoms with Crippen molar-refractivity contribution >= 4 is 6.09 Å². The van der Waals surface area contributed by atoms with Crippen LogP contribution in [0.4, 0.5) is 4.79 Å². The van der Waals surface area contributed by atoms with Gasteiger partial charge >= 0.3 is 6.09 Å². The Morgan fingerprint density at radius 2 is 1.85 bits per heavy atom. The van der Waals surface area contributed by atoms with E-state index in [1.54, 1.807) is 0 Å². The third kappa shape index (κ3) is 10.4. The van der Waals surface area contributed by atoms with Crippen LogP contribution in [0.3, 0.4) is 0 Å². The molecule has 0 radical (unpaired) electrons. The van der Waals surface area contributed by atoms with E-state index in [0.717, 1.165) is 32.4 Å². The second kappa shape index (κ2) is 12.6. The minimum absolute atomic E-state index is 0.137. The van der Waals surface area contributed by atoms with Crippen LogP contribution in [0.25, 0.3) is 0 Å². The second-order valence-corrected chi connectivity index (χ2v) is 9.02. The van der Waals surface area contributed by atoms with Gasteiger partial charge in [0, 0.05) is 18.6 Å². The maximum absolute atomic E-state index is 12.5. The van der Waals surface area contributed by atoms with Gasteiger partial charge in [0.05, 0.1) is 0 Å².